The van der Waals surface area contributed by atoms with Crippen LogP contribution in [0.5, 0.6) is 0 Å². The molecule has 0 radical (unpaired) electrons. The highest BCUT2D eigenvalue weighted by Gasteiger charge is 2.26. The number of ether oxygens (including phenoxy) is 1. The molecule has 10 heteroatoms. The van der Waals surface area contributed by atoms with E-state index in [1.54, 1.807) is 12.1 Å². The molecule has 0 aromatic heterocycles. The summed E-state index contributed by atoms with van der Waals surface area (Å²) in [5, 5.41) is 6.06. The molecule has 1 aliphatic rings. The first kappa shape index (κ1) is 22.7. The van der Waals surface area contributed by atoms with E-state index in [1.165, 1.54) is 18.2 Å². The molecule has 4 N–H and O–H groups in total. The van der Waals surface area contributed by atoms with E-state index in [1.807, 2.05) is 6.92 Å². The van der Waals surface area contributed by atoms with Crippen molar-refractivity contribution >= 4 is 11.9 Å². The molecule has 0 saturated carbocycles. The molecule has 2 atom stereocenters. The fourth-order valence-corrected chi connectivity index (χ4v) is 3.03. The molecule has 7 nitrogen and oxygen atoms in total. The highest BCUT2D eigenvalue weighted by atomic mass is 19.2. The van der Waals surface area contributed by atoms with E-state index in [-0.39, 0.29) is 29.5 Å². The Labute approximate surface area is 178 Å². The molecule has 1 heterocycles. The number of carbonyl (C=O) groups excluding carboxylic acids is 1. The lowest BCUT2D eigenvalue weighted by Gasteiger charge is -2.17. The molecular formula is C21H24F3N5O2. The number of rotatable bonds is 7. The summed E-state index contributed by atoms with van der Waals surface area (Å²) in [5.41, 5.74) is 6.98. The number of aliphatic imine (C=N–C) groups is 1. The maximum Gasteiger partial charge on any atom is 0.280 e. The van der Waals surface area contributed by atoms with E-state index < -0.39 is 17.5 Å². The molecule has 0 spiro atoms. The Balaban J connectivity index is 1.68. The van der Waals surface area contributed by atoms with Gasteiger partial charge in [0, 0.05) is 31.2 Å². The Morgan fingerprint density at radius 1 is 1.13 bits per heavy atom. The zero-order chi connectivity index (χ0) is 22.2. The van der Waals surface area contributed by atoms with Gasteiger partial charge in [0.25, 0.3) is 5.91 Å². The molecule has 31 heavy (non-hydrogen) atoms. The summed E-state index contributed by atoms with van der Waals surface area (Å²) in [7, 11) is 0. The number of hydrogen-bond acceptors (Lipinski definition) is 4. The minimum atomic E-state index is -1.12. The van der Waals surface area contributed by atoms with Gasteiger partial charge in [-0.3, -0.25) is 4.79 Å². The van der Waals surface area contributed by atoms with Crippen molar-refractivity contribution < 1.29 is 22.7 Å². The predicted octanol–water partition coefficient (Wildman–Crippen LogP) is 2.38. The number of hydrazine groups is 1. The van der Waals surface area contributed by atoms with Crippen LogP contribution in [0.1, 0.15) is 35.3 Å². The smallest absolute Gasteiger partial charge is 0.280 e. The van der Waals surface area contributed by atoms with Gasteiger partial charge in [-0.15, -0.1) is 0 Å². The molecule has 1 saturated heterocycles. The fourth-order valence-electron chi connectivity index (χ4n) is 3.03. The fraction of sp³-hybridized carbons (Fsp3) is 0.333. The van der Waals surface area contributed by atoms with Gasteiger partial charge in [-0.05, 0) is 42.8 Å². The second kappa shape index (κ2) is 10.9. The average Bonchev–Trinajstić information content (AvgIpc) is 3.22. The number of halogens is 3. The third-order valence-electron chi connectivity index (χ3n) is 4.61. The number of hydrogen-bond donors (Lipinski definition) is 4. The van der Waals surface area contributed by atoms with Gasteiger partial charge in [-0.2, -0.15) is 4.99 Å². The Bertz CT molecular complexity index is 924. The molecule has 0 aliphatic carbocycles. The molecule has 1 fully saturated rings. The van der Waals surface area contributed by atoms with Gasteiger partial charge in [-0.1, -0.05) is 12.1 Å². The first-order valence-electron chi connectivity index (χ1n) is 9.89. The van der Waals surface area contributed by atoms with Crippen molar-refractivity contribution in [2.75, 3.05) is 19.8 Å². The van der Waals surface area contributed by atoms with Gasteiger partial charge in [0.1, 0.15) is 5.82 Å². The van der Waals surface area contributed by atoms with E-state index in [4.69, 9.17) is 4.74 Å². The second-order valence-corrected chi connectivity index (χ2v) is 6.84. The topological polar surface area (TPSA) is 86.8 Å². The van der Waals surface area contributed by atoms with E-state index in [0.717, 1.165) is 17.7 Å². The molecule has 2 unspecified atom stereocenters. The molecule has 1 aliphatic heterocycles. The maximum atomic E-state index is 13.5. The van der Waals surface area contributed by atoms with Crippen molar-refractivity contribution in [2.24, 2.45) is 4.99 Å². The zero-order valence-corrected chi connectivity index (χ0v) is 16.9. The molecule has 1 amide bonds. The Morgan fingerprint density at radius 2 is 1.90 bits per heavy atom. The van der Waals surface area contributed by atoms with Gasteiger partial charge < -0.3 is 15.4 Å². The normalized spacial score (nSPS) is 18.8. The van der Waals surface area contributed by atoms with Crippen molar-refractivity contribution in [1.29, 1.82) is 0 Å². The van der Waals surface area contributed by atoms with Gasteiger partial charge in [0.05, 0.1) is 12.8 Å². The molecular weight excluding hydrogens is 411 g/mol. The Kier molecular flexibility index (Phi) is 7.99. The SMILES string of the molecule is CCOCCN/C(=N/C(=O)c1ccc(F)c(F)c1)NC1CC(c2ccc(F)cc2)NN1. The quantitative estimate of drug-likeness (QED) is 0.304. The molecule has 2 aromatic rings. The standard InChI is InChI=1S/C21H24F3N5O2/c1-2-31-10-9-25-21(27-20(30)14-5-8-16(23)17(24)11-14)26-19-12-18(28-29-19)13-3-6-15(22)7-4-13/h3-8,11,18-19,28-29H,2,9-10,12H2,1H3,(H2,25,26,27,30). The van der Waals surface area contributed by atoms with Crippen LogP contribution in [-0.2, 0) is 4.74 Å². The van der Waals surface area contributed by atoms with Crippen LogP contribution in [0.25, 0.3) is 0 Å². The largest absolute Gasteiger partial charge is 0.380 e. The maximum absolute atomic E-state index is 13.5. The van der Waals surface area contributed by atoms with Gasteiger partial charge in [0.2, 0.25) is 5.96 Å². The van der Waals surface area contributed by atoms with Gasteiger partial charge >= 0.3 is 0 Å². The lowest BCUT2D eigenvalue weighted by atomic mass is 10.0. The van der Waals surface area contributed by atoms with Crippen LogP contribution in [0.2, 0.25) is 0 Å². The first-order chi connectivity index (χ1) is 15.0. The lowest BCUT2D eigenvalue weighted by molar-refractivity contribution is 0.100. The molecule has 2 aromatic carbocycles. The summed E-state index contributed by atoms with van der Waals surface area (Å²) in [4.78, 5) is 16.4. The Hall–Kier alpha value is -2.95. The molecule has 166 valence electrons. The summed E-state index contributed by atoms with van der Waals surface area (Å²) in [6, 6.07) is 8.94. The number of amides is 1. The van der Waals surface area contributed by atoms with Crippen molar-refractivity contribution in [1.82, 2.24) is 21.5 Å². The first-order valence-corrected chi connectivity index (χ1v) is 9.89. The lowest BCUT2D eigenvalue weighted by Crippen LogP contribution is -2.50. The van der Waals surface area contributed by atoms with Crippen LogP contribution in [0.4, 0.5) is 13.2 Å². The van der Waals surface area contributed by atoms with Crippen molar-refractivity contribution in [2.45, 2.75) is 25.6 Å². The minimum absolute atomic E-state index is 0.0773. The number of carbonyl (C=O) groups is 1. The van der Waals surface area contributed by atoms with Gasteiger partial charge in [-0.25, -0.2) is 24.0 Å². The third-order valence-corrected chi connectivity index (χ3v) is 4.61. The van der Waals surface area contributed by atoms with Gasteiger partial charge in [0.15, 0.2) is 11.6 Å². The van der Waals surface area contributed by atoms with Crippen LogP contribution in [0, 0.1) is 17.5 Å². The summed E-state index contributed by atoms with van der Waals surface area (Å²) in [6.45, 7) is 3.18. The monoisotopic (exact) mass is 435 g/mol. The average molecular weight is 435 g/mol. The number of benzene rings is 2. The predicted molar refractivity (Wildman–Crippen MR) is 110 cm³/mol. The van der Waals surface area contributed by atoms with Crippen molar-refractivity contribution in [3.05, 3.63) is 71.0 Å². The van der Waals surface area contributed by atoms with E-state index in [0.29, 0.717) is 26.2 Å². The molecule has 0 bridgehead atoms. The van der Waals surface area contributed by atoms with E-state index >= 15 is 0 Å². The summed E-state index contributed by atoms with van der Waals surface area (Å²) >= 11 is 0. The summed E-state index contributed by atoms with van der Waals surface area (Å²) in [5.74, 6) is -3.04. The van der Waals surface area contributed by atoms with Crippen LogP contribution >= 0.6 is 0 Å². The second-order valence-electron chi connectivity index (χ2n) is 6.84. The van der Waals surface area contributed by atoms with Crippen molar-refractivity contribution in [3.8, 4) is 0 Å². The van der Waals surface area contributed by atoms with Crippen molar-refractivity contribution in [3.63, 3.8) is 0 Å². The minimum Gasteiger partial charge on any atom is -0.380 e. The summed E-state index contributed by atoms with van der Waals surface area (Å²) in [6.07, 6.45) is 0.281. The van der Waals surface area contributed by atoms with Crippen LogP contribution < -0.4 is 21.5 Å². The number of guanidine groups is 1. The third kappa shape index (κ3) is 6.51. The van der Waals surface area contributed by atoms with E-state index in [9.17, 15) is 18.0 Å². The van der Waals surface area contributed by atoms with Crippen LogP contribution in [0.3, 0.4) is 0 Å². The highest BCUT2D eigenvalue weighted by molar-refractivity contribution is 6.02. The van der Waals surface area contributed by atoms with E-state index in [2.05, 4.69) is 26.5 Å². The summed E-state index contributed by atoms with van der Waals surface area (Å²) < 4.78 is 45.0. The Morgan fingerprint density at radius 3 is 2.61 bits per heavy atom. The van der Waals surface area contributed by atoms with Crippen LogP contribution in [-0.4, -0.2) is 37.8 Å². The number of nitrogens with zero attached hydrogens (tertiary/aromatic N) is 1. The van der Waals surface area contributed by atoms with Crippen LogP contribution in [0.15, 0.2) is 47.5 Å². The highest BCUT2D eigenvalue weighted by Crippen LogP contribution is 2.21. The molecule has 3 rings (SSSR count). The zero-order valence-electron chi connectivity index (χ0n) is 16.9. The number of nitrogens with one attached hydrogen (secondary N) is 4.